The van der Waals surface area contributed by atoms with Gasteiger partial charge in [-0.3, -0.25) is 0 Å². The number of rotatable bonds is 3. The Hall–Kier alpha value is -2.60. The highest BCUT2D eigenvalue weighted by Gasteiger charge is 2.32. The van der Waals surface area contributed by atoms with Crippen molar-refractivity contribution in [2.45, 2.75) is 40.0 Å². The van der Waals surface area contributed by atoms with Crippen LogP contribution < -0.4 is 0 Å². The summed E-state index contributed by atoms with van der Waals surface area (Å²) >= 11 is 0. The van der Waals surface area contributed by atoms with Crippen molar-refractivity contribution < 1.29 is 0 Å². The summed E-state index contributed by atoms with van der Waals surface area (Å²) in [6, 6.07) is 15.9. The Labute approximate surface area is 163 Å². The number of fused-ring (bicyclic) bond motifs is 2. The van der Waals surface area contributed by atoms with Crippen LogP contribution in [0.2, 0.25) is 0 Å². The lowest BCUT2D eigenvalue weighted by Gasteiger charge is -2.29. The SMILES string of the molecule is C=CC(=C(C)C)c1cc(C2C3=C(C=CC2C)c2ccccc2C3)ccc1C. The van der Waals surface area contributed by atoms with Gasteiger partial charge in [-0.1, -0.05) is 79.8 Å². The molecule has 0 saturated carbocycles. The molecule has 0 bridgehead atoms. The lowest BCUT2D eigenvalue weighted by Crippen LogP contribution is -2.15. The molecule has 4 rings (SSSR count). The molecule has 0 aromatic heterocycles. The van der Waals surface area contributed by atoms with Crippen LogP contribution in [0.15, 0.2) is 78.4 Å². The average Bonchev–Trinajstić information content (AvgIpc) is 3.02. The Morgan fingerprint density at radius 3 is 2.63 bits per heavy atom. The molecule has 0 heterocycles. The van der Waals surface area contributed by atoms with Crippen LogP contribution in [0.1, 0.15) is 54.5 Å². The Morgan fingerprint density at radius 1 is 1.11 bits per heavy atom. The Bertz CT molecular complexity index is 1010. The summed E-state index contributed by atoms with van der Waals surface area (Å²) in [6.45, 7) is 12.9. The molecule has 2 aromatic carbocycles. The summed E-state index contributed by atoms with van der Waals surface area (Å²) in [5, 5.41) is 0. The van der Waals surface area contributed by atoms with Crippen LogP contribution in [0.3, 0.4) is 0 Å². The molecule has 0 spiro atoms. The minimum absolute atomic E-state index is 0.444. The third-order valence-corrected chi connectivity index (χ3v) is 6.16. The van der Waals surface area contributed by atoms with Crippen molar-refractivity contribution in [2.24, 2.45) is 5.92 Å². The second-order valence-corrected chi connectivity index (χ2v) is 8.16. The van der Waals surface area contributed by atoms with Gasteiger partial charge in [0.1, 0.15) is 0 Å². The minimum Gasteiger partial charge on any atom is -0.0985 e. The molecule has 0 nitrogen and oxygen atoms in total. The molecule has 136 valence electrons. The summed E-state index contributed by atoms with van der Waals surface area (Å²) in [6.07, 6.45) is 7.82. The summed E-state index contributed by atoms with van der Waals surface area (Å²) in [5.74, 6) is 0.951. The van der Waals surface area contributed by atoms with Crippen molar-refractivity contribution in [2.75, 3.05) is 0 Å². The quantitative estimate of drug-likeness (QED) is 0.509. The third kappa shape index (κ3) is 2.94. The van der Waals surface area contributed by atoms with E-state index in [0.29, 0.717) is 11.8 Å². The molecule has 0 heteroatoms. The summed E-state index contributed by atoms with van der Waals surface area (Å²) in [7, 11) is 0. The maximum Gasteiger partial charge on any atom is 0.0121 e. The fourth-order valence-electron chi connectivity index (χ4n) is 4.77. The lowest BCUT2D eigenvalue weighted by molar-refractivity contribution is 0.601. The predicted molar refractivity (Wildman–Crippen MR) is 118 cm³/mol. The van der Waals surface area contributed by atoms with Gasteiger partial charge in [-0.2, -0.15) is 0 Å². The van der Waals surface area contributed by atoms with E-state index >= 15 is 0 Å². The van der Waals surface area contributed by atoms with Crippen LogP contribution in [0, 0.1) is 12.8 Å². The highest BCUT2D eigenvalue weighted by atomic mass is 14.4. The monoisotopic (exact) mass is 352 g/mol. The van der Waals surface area contributed by atoms with Crippen molar-refractivity contribution in [3.63, 3.8) is 0 Å². The first-order chi connectivity index (χ1) is 13.0. The van der Waals surface area contributed by atoms with Crippen LogP contribution >= 0.6 is 0 Å². The van der Waals surface area contributed by atoms with Crippen LogP contribution in [0.4, 0.5) is 0 Å². The number of allylic oxidation sites excluding steroid dienone is 7. The van der Waals surface area contributed by atoms with E-state index in [1.165, 1.54) is 44.5 Å². The highest BCUT2D eigenvalue weighted by Crippen LogP contribution is 2.47. The molecule has 0 N–H and O–H groups in total. The van der Waals surface area contributed by atoms with Gasteiger partial charge in [0.25, 0.3) is 0 Å². The van der Waals surface area contributed by atoms with Crippen LogP contribution in [0.25, 0.3) is 11.1 Å². The second-order valence-electron chi connectivity index (χ2n) is 8.16. The standard InChI is InChI=1S/C27H28/c1-6-22(17(2)3)25-16-21(13-11-18(25)4)27-19(5)12-14-24-23-10-8-7-9-20(23)15-26(24)27/h6-14,16,19,27H,1,15H2,2-5H3. The van der Waals surface area contributed by atoms with Gasteiger partial charge >= 0.3 is 0 Å². The van der Waals surface area contributed by atoms with Crippen LogP contribution in [-0.2, 0) is 6.42 Å². The summed E-state index contributed by atoms with van der Waals surface area (Å²) in [4.78, 5) is 0. The molecule has 0 fully saturated rings. The molecule has 27 heavy (non-hydrogen) atoms. The number of hydrogen-bond acceptors (Lipinski definition) is 0. The maximum atomic E-state index is 4.06. The van der Waals surface area contributed by atoms with Gasteiger partial charge in [0.05, 0.1) is 0 Å². The molecule has 0 amide bonds. The largest absolute Gasteiger partial charge is 0.0985 e. The number of aryl methyl sites for hydroxylation is 1. The molecule has 0 aliphatic heterocycles. The van der Waals surface area contributed by atoms with Crippen LogP contribution in [0.5, 0.6) is 0 Å². The third-order valence-electron chi connectivity index (χ3n) is 6.16. The maximum absolute atomic E-state index is 4.06. The number of hydrogen-bond donors (Lipinski definition) is 0. The molecule has 0 radical (unpaired) electrons. The Kier molecular flexibility index (Phi) is 4.52. The van der Waals surface area contributed by atoms with E-state index in [9.17, 15) is 0 Å². The molecule has 2 atom stereocenters. The van der Waals surface area contributed by atoms with Gasteiger partial charge in [-0.25, -0.2) is 0 Å². The second kappa shape index (κ2) is 6.85. The first kappa shape index (κ1) is 17.8. The topological polar surface area (TPSA) is 0 Å². The minimum atomic E-state index is 0.444. The van der Waals surface area contributed by atoms with Gasteiger partial charge in [0.2, 0.25) is 0 Å². The van der Waals surface area contributed by atoms with E-state index in [-0.39, 0.29) is 0 Å². The molecule has 2 aliphatic carbocycles. The van der Waals surface area contributed by atoms with E-state index in [1.807, 2.05) is 6.08 Å². The van der Waals surface area contributed by atoms with Crippen molar-refractivity contribution in [3.05, 3.63) is 106 Å². The van der Waals surface area contributed by atoms with Gasteiger partial charge in [-0.15, -0.1) is 0 Å². The van der Waals surface area contributed by atoms with E-state index < -0.39 is 0 Å². The molecule has 2 unspecified atom stereocenters. The summed E-state index contributed by atoms with van der Waals surface area (Å²) in [5.41, 5.74) is 12.6. The molecule has 2 aliphatic rings. The lowest BCUT2D eigenvalue weighted by atomic mass is 9.75. The molecule has 2 aromatic rings. The first-order valence-corrected chi connectivity index (χ1v) is 9.91. The average molecular weight is 353 g/mol. The molecule has 0 saturated heterocycles. The first-order valence-electron chi connectivity index (χ1n) is 9.91. The molecular formula is C27H28. The Balaban J connectivity index is 1.83. The van der Waals surface area contributed by atoms with Crippen molar-refractivity contribution in [1.29, 1.82) is 0 Å². The zero-order chi connectivity index (χ0) is 19.1. The fraction of sp³-hybridized carbons (Fsp3) is 0.259. The molecular weight excluding hydrogens is 324 g/mol. The van der Waals surface area contributed by atoms with E-state index in [1.54, 1.807) is 5.57 Å². The zero-order valence-electron chi connectivity index (χ0n) is 16.8. The van der Waals surface area contributed by atoms with Gasteiger partial charge in [-0.05, 0) is 77.6 Å². The van der Waals surface area contributed by atoms with E-state index in [2.05, 4.69) is 88.9 Å². The van der Waals surface area contributed by atoms with Crippen LogP contribution in [-0.4, -0.2) is 0 Å². The van der Waals surface area contributed by atoms with Crippen molar-refractivity contribution in [1.82, 2.24) is 0 Å². The smallest absolute Gasteiger partial charge is 0.0121 e. The van der Waals surface area contributed by atoms with E-state index in [4.69, 9.17) is 0 Å². The van der Waals surface area contributed by atoms with E-state index in [0.717, 1.165) is 6.42 Å². The highest BCUT2D eigenvalue weighted by molar-refractivity contribution is 5.85. The van der Waals surface area contributed by atoms with Gasteiger partial charge < -0.3 is 0 Å². The predicted octanol–water partition coefficient (Wildman–Crippen LogP) is 7.27. The number of benzene rings is 2. The van der Waals surface area contributed by atoms with Gasteiger partial charge in [0, 0.05) is 5.92 Å². The van der Waals surface area contributed by atoms with Gasteiger partial charge in [0.15, 0.2) is 0 Å². The zero-order valence-corrected chi connectivity index (χ0v) is 16.8. The normalized spacial score (nSPS) is 20.3. The summed E-state index contributed by atoms with van der Waals surface area (Å²) < 4.78 is 0. The fourth-order valence-corrected chi connectivity index (χ4v) is 4.77. The van der Waals surface area contributed by atoms with Crippen molar-refractivity contribution >= 4 is 11.1 Å². The van der Waals surface area contributed by atoms with Crippen molar-refractivity contribution in [3.8, 4) is 0 Å². The Morgan fingerprint density at radius 2 is 1.89 bits per heavy atom.